The summed E-state index contributed by atoms with van der Waals surface area (Å²) in [4.78, 5) is 4.52. The molecule has 3 aromatic rings. The standard InChI is InChI=1S/C20H38O2.C18H16N.Ir/c1-5-13(6-2)16-11-9-10-15-12-17(14(7-3)8-4)20(22)18(15)19(16)21;1-13(2)15-8-9-16-12-19-18(11-17(16)10-15)14-6-4-3-5-7-14;/h13-22H,5-12H2,1-4H3;3-6,8-13H,1-2H3;/q;-1;/t15?,16-,17-,18?,19?,20?;;/m1../s1. The molecule has 1 aromatic heterocycles. The summed E-state index contributed by atoms with van der Waals surface area (Å²) < 4.78 is 0. The van der Waals surface area contributed by atoms with Crippen LogP contribution in [0.5, 0.6) is 0 Å². The van der Waals surface area contributed by atoms with Gasteiger partial charge in [0.25, 0.3) is 0 Å². The van der Waals surface area contributed by atoms with E-state index >= 15 is 0 Å². The molecule has 4 heteroatoms. The minimum Gasteiger partial charge on any atom is -0.392 e. The average Bonchev–Trinajstić information content (AvgIpc) is 3.23. The summed E-state index contributed by atoms with van der Waals surface area (Å²) in [6, 6.07) is 19.9. The SMILES string of the molecule is CC(C)c1ccc2cnc(-c3[c-]cccc3)cc2c1.CCC(CC)[C@H]1CCCC2C[C@H](C(CC)CC)C(O)C2C1O.[Ir]. The van der Waals surface area contributed by atoms with E-state index in [1.165, 1.54) is 29.2 Å². The van der Waals surface area contributed by atoms with Crippen LogP contribution in [0.2, 0.25) is 0 Å². The van der Waals surface area contributed by atoms with Gasteiger partial charge in [-0.2, -0.15) is 0 Å². The molecule has 0 amide bonds. The molecule has 3 nitrogen and oxygen atoms in total. The number of benzene rings is 2. The maximum absolute atomic E-state index is 11.1. The molecule has 6 atom stereocenters. The minimum absolute atomic E-state index is 0. The van der Waals surface area contributed by atoms with E-state index in [4.69, 9.17) is 0 Å². The molecule has 0 bridgehead atoms. The van der Waals surface area contributed by atoms with Crippen LogP contribution in [0.4, 0.5) is 0 Å². The Labute approximate surface area is 269 Å². The molecule has 2 fully saturated rings. The number of nitrogens with zero attached hydrogens (tertiary/aromatic N) is 1. The van der Waals surface area contributed by atoms with Crippen molar-refractivity contribution in [3.05, 3.63) is 66.4 Å². The summed E-state index contributed by atoms with van der Waals surface area (Å²) in [5.74, 6) is 3.30. The van der Waals surface area contributed by atoms with Crippen LogP contribution in [-0.4, -0.2) is 27.4 Å². The molecule has 2 aromatic carbocycles. The molecule has 5 rings (SSSR count). The molecular formula is C38H54IrNO2-. The van der Waals surface area contributed by atoms with Crippen molar-refractivity contribution in [2.24, 2.45) is 35.5 Å². The van der Waals surface area contributed by atoms with Gasteiger partial charge in [-0.15, -0.1) is 35.9 Å². The first-order valence-electron chi connectivity index (χ1n) is 16.6. The van der Waals surface area contributed by atoms with E-state index in [9.17, 15) is 10.2 Å². The first-order chi connectivity index (χ1) is 19.8. The van der Waals surface area contributed by atoms with E-state index in [-0.39, 0.29) is 38.2 Å². The van der Waals surface area contributed by atoms with Crippen molar-refractivity contribution in [2.75, 3.05) is 0 Å². The normalized spacial score (nSPS) is 25.6. The Kier molecular flexibility index (Phi) is 13.7. The van der Waals surface area contributed by atoms with E-state index in [2.05, 4.69) is 76.9 Å². The first-order valence-corrected chi connectivity index (χ1v) is 16.6. The summed E-state index contributed by atoms with van der Waals surface area (Å²) >= 11 is 0. The zero-order chi connectivity index (χ0) is 29.5. The third-order valence-electron chi connectivity index (χ3n) is 10.6. The molecule has 0 aliphatic heterocycles. The molecule has 2 saturated carbocycles. The fraction of sp³-hybridized carbons (Fsp3) is 0.605. The Bertz CT molecular complexity index is 1210. The van der Waals surface area contributed by atoms with Gasteiger partial charge in [-0.05, 0) is 76.8 Å². The van der Waals surface area contributed by atoms with Gasteiger partial charge in [0.05, 0.1) is 12.2 Å². The Hall–Kier alpha value is -1.58. The van der Waals surface area contributed by atoms with Crippen molar-refractivity contribution < 1.29 is 30.3 Å². The minimum atomic E-state index is -0.285. The molecule has 0 spiro atoms. The summed E-state index contributed by atoms with van der Waals surface area (Å²) in [6.07, 6.45) is 10.8. The summed E-state index contributed by atoms with van der Waals surface area (Å²) in [6.45, 7) is 13.4. The number of aromatic nitrogens is 1. The van der Waals surface area contributed by atoms with Crippen molar-refractivity contribution in [3.8, 4) is 11.3 Å². The number of fused-ring (bicyclic) bond motifs is 2. The third-order valence-corrected chi connectivity index (χ3v) is 10.6. The van der Waals surface area contributed by atoms with Gasteiger partial charge in [-0.25, -0.2) is 0 Å². The number of aliphatic hydroxyl groups excluding tert-OH is 2. The number of aliphatic hydroxyl groups is 2. The van der Waals surface area contributed by atoms with Crippen molar-refractivity contribution in [1.29, 1.82) is 0 Å². The van der Waals surface area contributed by atoms with Gasteiger partial charge in [-0.1, -0.05) is 97.9 Å². The molecule has 2 aliphatic rings. The molecular weight excluding hydrogens is 695 g/mol. The second-order valence-corrected chi connectivity index (χ2v) is 13.1. The smallest absolute Gasteiger partial charge is 0.0626 e. The van der Waals surface area contributed by atoms with E-state index in [0.717, 1.165) is 49.8 Å². The Morgan fingerprint density at radius 2 is 1.50 bits per heavy atom. The monoisotopic (exact) mass is 749 g/mol. The predicted molar refractivity (Wildman–Crippen MR) is 173 cm³/mol. The van der Waals surface area contributed by atoms with Crippen molar-refractivity contribution in [3.63, 3.8) is 0 Å². The maximum Gasteiger partial charge on any atom is 0.0626 e. The second-order valence-electron chi connectivity index (χ2n) is 13.1. The van der Waals surface area contributed by atoms with Crippen LogP contribution < -0.4 is 0 Å². The van der Waals surface area contributed by atoms with Crippen molar-refractivity contribution in [1.82, 2.24) is 4.98 Å². The Morgan fingerprint density at radius 1 is 0.833 bits per heavy atom. The van der Waals surface area contributed by atoms with Crippen LogP contribution in [-0.2, 0) is 20.1 Å². The van der Waals surface area contributed by atoms with Crippen LogP contribution in [0, 0.1) is 41.6 Å². The van der Waals surface area contributed by atoms with Gasteiger partial charge < -0.3 is 15.2 Å². The molecule has 2 N–H and O–H groups in total. The fourth-order valence-corrected chi connectivity index (χ4v) is 8.07. The van der Waals surface area contributed by atoms with E-state index in [1.807, 2.05) is 30.5 Å². The van der Waals surface area contributed by atoms with Gasteiger partial charge in [0, 0.05) is 32.2 Å². The van der Waals surface area contributed by atoms with Gasteiger partial charge in [0.1, 0.15) is 0 Å². The average molecular weight is 749 g/mol. The van der Waals surface area contributed by atoms with Crippen LogP contribution in [0.25, 0.3) is 22.0 Å². The molecule has 42 heavy (non-hydrogen) atoms. The maximum atomic E-state index is 11.1. The van der Waals surface area contributed by atoms with Gasteiger partial charge >= 0.3 is 0 Å². The van der Waals surface area contributed by atoms with Crippen LogP contribution in [0.1, 0.15) is 104 Å². The number of hydrogen-bond donors (Lipinski definition) is 2. The molecule has 0 saturated heterocycles. The zero-order valence-corrected chi connectivity index (χ0v) is 29.1. The first kappa shape index (κ1) is 34.9. The summed E-state index contributed by atoms with van der Waals surface area (Å²) in [5, 5.41) is 24.5. The second kappa shape index (κ2) is 16.5. The fourth-order valence-electron chi connectivity index (χ4n) is 8.07. The largest absolute Gasteiger partial charge is 0.392 e. The van der Waals surface area contributed by atoms with E-state index < -0.39 is 0 Å². The van der Waals surface area contributed by atoms with Crippen LogP contribution >= 0.6 is 0 Å². The number of pyridine rings is 1. The Morgan fingerprint density at radius 3 is 2.12 bits per heavy atom. The van der Waals surface area contributed by atoms with Gasteiger partial charge in [-0.3, -0.25) is 0 Å². The zero-order valence-electron chi connectivity index (χ0n) is 26.7. The van der Waals surface area contributed by atoms with Gasteiger partial charge in [0.15, 0.2) is 0 Å². The molecule has 1 heterocycles. The quantitative estimate of drug-likeness (QED) is 0.226. The van der Waals surface area contributed by atoms with Crippen LogP contribution in [0.3, 0.4) is 0 Å². The summed E-state index contributed by atoms with van der Waals surface area (Å²) in [7, 11) is 0. The van der Waals surface area contributed by atoms with Crippen LogP contribution in [0.15, 0.2) is 54.7 Å². The number of hydrogen-bond acceptors (Lipinski definition) is 3. The van der Waals surface area contributed by atoms with Crippen molar-refractivity contribution >= 4 is 10.8 Å². The molecule has 233 valence electrons. The summed E-state index contributed by atoms with van der Waals surface area (Å²) in [5.41, 5.74) is 3.38. The van der Waals surface area contributed by atoms with Gasteiger partial charge in [0.2, 0.25) is 0 Å². The number of rotatable bonds is 8. The molecule has 1 radical (unpaired) electrons. The van der Waals surface area contributed by atoms with E-state index in [0.29, 0.717) is 35.5 Å². The van der Waals surface area contributed by atoms with E-state index in [1.54, 1.807) is 0 Å². The van der Waals surface area contributed by atoms with Crippen molar-refractivity contribution in [2.45, 2.75) is 111 Å². The third kappa shape index (κ3) is 7.92. The topological polar surface area (TPSA) is 53.4 Å². The predicted octanol–water partition coefficient (Wildman–Crippen LogP) is 9.46. The Balaban J connectivity index is 0.000000227. The molecule has 4 unspecified atom stereocenters. The molecule has 2 aliphatic carbocycles.